The lowest BCUT2D eigenvalue weighted by Gasteiger charge is -2.36. The van der Waals surface area contributed by atoms with E-state index in [1.54, 1.807) is 54.6 Å². The molecule has 2 heterocycles. The van der Waals surface area contributed by atoms with Gasteiger partial charge in [0.1, 0.15) is 5.75 Å². The largest absolute Gasteiger partial charge is 0.495 e. The van der Waals surface area contributed by atoms with Crippen LogP contribution < -0.4 is 9.64 Å². The van der Waals surface area contributed by atoms with Crippen LogP contribution in [0.4, 0.5) is 5.69 Å². The van der Waals surface area contributed by atoms with Gasteiger partial charge in [0.2, 0.25) is 0 Å². The van der Waals surface area contributed by atoms with E-state index in [1.807, 2.05) is 36.4 Å². The first kappa shape index (κ1) is 25.0. The van der Waals surface area contributed by atoms with E-state index in [0.29, 0.717) is 42.8 Å². The van der Waals surface area contributed by atoms with Crippen molar-refractivity contribution in [3.05, 3.63) is 95.1 Å². The summed E-state index contributed by atoms with van der Waals surface area (Å²) in [5, 5.41) is 0.997. The highest BCUT2D eigenvalue weighted by molar-refractivity contribution is 7.90. The molecule has 9 heteroatoms. The zero-order chi connectivity index (χ0) is 26.0. The Labute approximate surface area is 221 Å². The molecule has 1 aromatic heterocycles. The number of anilines is 1. The number of nitrogens with zero attached hydrogens (tertiary/aromatic N) is 3. The van der Waals surface area contributed by atoms with Crippen molar-refractivity contribution in [3.8, 4) is 5.75 Å². The second-order valence-electron chi connectivity index (χ2n) is 8.85. The molecule has 3 aromatic carbocycles. The van der Waals surface area contributed by atoms with Crippen LogP contribution in [0.1, 0.15) is 15.9 Å². The molecule has 7 nitrogen and oxygen atoms in total. The first-order chi connectivity index (χ1) is 17.9. The zero-order valence-corrected chi connectivity index (χ0v) is 21.9. The van der Waals surface area contributed by atoms with Gasteiger partial charge in [-0.25, -0.2) is 8.42 Å². The predicted octanol–water partition coefficient (Wildman–Crippen LogP) is 4.83. The Morgan fingerprint density at radius 3 is 2.49 bits per heavy atom. The molecule has 0 aliphatic carbocycles. The van der Waals surface area contributed by atoms with Crippen molar-refractivity contribution in [2.24, 2.45) is 0 Å². The van der Waals surface area contributed by atoms with E-state index in [2.05, 4.69) is 9.88 Å². The molecule has 37 heavy (non-hydrogen) atoms. The van der Waals surface area contributed by atoms with Gasteiger partial charge in [-0.2, -0.15) is 0 Å². The van der Waals surface area contributed by atoms with E-state index < -0.39 is 9.84 Å². The van der Waals surface area contributed by atoms with E-state index in [1.165, 1.54) is 0 Å². The van der Waals surface area contributed by atoms with Crippen LogP contribution in [-0.2, 0) is 15.6 Å². The van der Waals surface area contributed by atoms with Gasteiger partial charge in [0.15, 0.2) is 9.84 Å². The number of fused-ring (bicyclic) bond motifs is 1. The number of methoxy groups -OCH3 is 1. The number of benzene rings is 3. The molecule has 4 aromatic rings. The average Bonchev–Trinajstić information content (AvgIpc) is 2.93. The van der Waals surface area contributed by atoms with Crippen molar-refractivity contribution < 1.29 is 17.9 Å². The summed E-state index contributed by atoms with van der Waals surface area (Å²) in [4.78, 5) is 21.6. The molecule has 0 saturated carbocycles. The number of ether oxygens (including phenoxy) is 1. The smallest absolute Gasteiger partial charge is 0.254 e. The van der Waals surface area contributed by atoms with Crippen molar-refractivity contribution in [3.63, 3.8) is 0 Å². The first-order valence-corrected chi connectivity index (χ1v) is 13.9. The van der Waals surface area contributed by atoms with E-state index in [9.17, 15) is 13.2 Å². The van der Waals surface area contributed by atoms with Gasteiger partial charge >= 0.3 is 0 Å². The van der Waals surface area contributed by atoms with Crippen LogP contribution in [0.3, 0.4) is 0 Å². The maximum absolute atomic E-state index is 13.2. The minimum absolute atomic E-state index is 0.130. The van der Waals surface area contributed by atoms with E-state index >= 15 is 0 Å². The van der Waals surface area contributed by atoms with Gasteiger partial charge in [0.05, 0.1) is 29.0 Å². The number of carbonyl (C=O) groups is 1. The normalized spacial score (nSPS) is 14.1. The Kier molecular flexibility index (Phi) is 7.04. The number of rotatable bonds is 6. The van der Waals surface area contributed by atoms with Crippen LogP contribution in [0.2, 0.25) is 5.02 Å². The molecule has 0 N–H and O–H groups in total. The number of hydrogen-bond donors (Lipinski definition) is 0. The number of amides is 1. The first-order valence-electron chi connectivity index (χ1n) is 11.9. The minimum atomic E-state index is -3.71. The molecular formula is C28H26ClN3O4S. The number of carbonyl (C=O) groups excluding carboxylic acids is 1. The molecule has 5 rings (SSSR count). The van der Waals surface area contributed by atoms with Gasteiger partial charge in [0.25, 0.3) is 5.91 Å². The summed E-state index contributed by atoms with van der Waals surface area (Å²) in [5.74, 6) is 0.390. The second kappa shape index (κ2) is 10.4. The summed E-state index contributed by atoms with van der Waals surface area (Å²) < 4.78 is 31.9. The number of pyridine rings is 1. The van der Waals surface area contributed by atoms with Crippen molar-refractivity contribution in [1.29, 1.82) is 0 Å². The van der Waals surface area contributed by atoms with Crippen LogP contribution >= 0.6 is 11.6 Å². The number of sulfone groups is 1. The van der Waals surface area contributed by atoms with Crippen LogP contribution in [0.5, 0.6) is 5.75 Å². The fraction of sp³-hybridized carbons (Fsp3) is 0.214. The lowest BCUT2D eigenvalue weighted by molar-refractivity contribution is 0.0746. The number of para-hydroxylation sites is 3. The highest BCUT2D eigenvalue weighted by Crippen LogP contribution is 2.30. The molecule has 190 valence electrons. The molecule has 0 unspecified atom stereocenters. The summed E-state index contributed by atoms with van der Waals surface area (Å²) in [5.41, 5.74) is 2.31. The summed E-state index contributed by atoms with van der Waals surface area (Å²) in [6.45, 7) is 2.46. The highest BCUT2D eigenvalue weighted by Gasteiger charge is 2.25. The SMILES string of the molecule is COc1ccccc1N1CCN(C(=O)c2ccc(CS(=O)(=O)c3cccc4cccnc34)c(Cl)c2)CC1. The molecule has 0 atom stereocenters. The average molecular weight is 536 g/mol. The summed E-state index contributed by atoms with van der Waals surface area (Å²) >= 11 is 6.49. The molecular weight excluding hydrogens is 510 g/mol. The van der Waals surface area contributed by atoms with E-state index in [0.717, 1.165) is 16.8 Å². The fourth-order valence-electron chi connectivity index (χ4n) is 4.63. The predicted molar refractivity (Wildman–Crippen MR) is 145 cm³/mol. The Morgan fingerprint density at radius 2 is 1.73 bits per heavy atom. The molecule has 1 fully saturated rings. The van der Waals surface area contributed by atoms with Gasteiger partial charge in [-0.15, -0.1) is 0 Å². The van der Waals surface area contributed by atoms with Gasteiger partial charge in [0, 0.05) is 48.3 Å². The number of piperazine rings is 1. The van der Waals surface area contributed by atoms with Crippen LogP contribution in [0, 0.1) is 0 Å². The Hall–Kier alpha value is -3.62. The number of aromatic nitrogens is 1. The Balaban J connectivity index is 1.29. The summed E-state index contributed by atoms with van der Waals surface area (Å²) in [6, 6.07) is 21.3. The number of hydrogen-bond acceptors (Lipinski definition) is 6. The van der Waals surface area contributed by atoms with Gasteiger partial charge in [-0.1, -0.05) is 48.0 Å². The van der Waals surface area contributed by atoms with Crippen molar-refractivity contribution >= 4 is 43.9 Å². The third-order valence-electron chi connectivity index (χ3n) is 6.57. The lowest BCUT2D eigenvalue weighted by Crippen LogP contribution is -2.48. The Morgan fingerprint density at radius 1 is 0.973 bits per heavy atom. The third-order valence-corrected chi connectivity index (χ3v) is 8.61. The zero-order valence-electron chi connectivity index (χ0n) is 20.3. The maximum Gasteiger partial charge on any atom is 0.254 e. The fourth-order valence-corrected chi connectivity index (χ4v) is 6.53. The minimum Gasteiger partial charge on any atom is -0.495 e. The molecule has 0 bridgehead atoms. The third kappa shape index (κ3) is 5.12. The van der Waals surface area contributed by atoms with Crippen molar-refractivity contribution in [1.82, 2.24) is 9.88 Å². The number of halogens is 1. The second-order valence-corrected chi connectivity index (χ2v) is 11.2. The van der Waals surface area contributed by atoms with E-state index in [4.69, 9.17) is 16.3 Å². The lowest BCUT2D eigenvalue weighted by atomic mass is 10.1. The van der Waals surface area contributed by atoms with Crippen molar-refractivity contribution in [2.45, 2.75) is 10.6 Å². The van der Waals surface area contributed by atoms with Crippen molar-refractivity contribution in [2.75, 3.05) is 38.2 Å². The van der Waals surface area contributed by atoms with E-state index in [-0.39, 0.29) is 21.6 Å². The van der Waals surface area contributed by atoms with Crippen LogP contribution in [0.15, 0.2) is 83.9 Å². The Bertz CT molecular complexity index is 1560. The molecule has 1 aliphatic rings. The maximum atomic E-state index is 13.2. The standard InChI is InChI=1S/C28H26ClN3O4S/c1-36-25-9-3-2-8-24(25)31-14-16-32(17-15-31)28(33)21-11-12-22(23(29)18-21)19-37(34,35)26-10-4-6-20-7-5-13-30-27(20)26/h2-13,18H,14-17,19H2,1H3. The molecule has 1 aliphatic heterocycles. The summed E-state index contributed by atoms with van der Waals surface area (Å²) in [6.07, 6.45) is 1.57. The van der Waals surface area contributed by atoms with Gasteiger partial charge in [-0.05, 0) is 42.0 Å². The molecule has 1 amide bonds. The summed E-state index contributed by atoms with van der Waals surface area (Å²) in [7, 11) is -2.06. The molecule has 1 saturated heterocycles. The molecule has 0 radical (unpaired) electrons. The topological polar surface area (TPSA) is 79.8 Å². The molecule has 0 spiro atoms. The van der Waals surface area contributed by atoms with Crippen LogP contribution in [0.25, 0.3) is 10.9 Å². The van der Waals surface area contributed by atoms with Gasteiger partial charge < -0.3 is 14.5 Å². The monoisotopic (exact) mass is 535 g/mol. The van der Waals surface area contributed by atoms with Crippen LogP contribution in [-0.4, -0.2) is 57.5 Å². The quantitative estimate of drug-likeness (QED) is 0.352. The highest BCUT2D eigenvalue weighted by atomic mass is 35.5. The van der Waals surface area contributed by atoms with Gasteiger partial charge in [-0.3, -0.25) is 9.78 Å².